The number of rotatable bonds is 3. The van der Waals surface area contributed by atoms with Crippen LogP contribution in [0.2, 0.25) is 0 Å². The van der Waals surface area contributed by atoms with Crippen molar-refractivity contribution in [2.75, 3.05) is 31.5 Å². The van der Waals surface area contributed by atoms with Gasteiger partial charge in [-0.15, -0.1) is 0 Å². The number of hydrogen-bond donors (Lipinski definition) is 2. The molecule has 0 radical (unpaired) electrons. The number of hydrogen-bond acceptors (Lipinski definition) is 3. The largest absolute Gasteiger partial charge is 0.377 e. The van der Waals surface area contributed by atoms with Gasteiger partial charge < -0.3 is 16.0 Å². The van der Waals surface area contributed by atoms with Gasteiger partial charge in [-0.2, -0.15) is 0 Å². The zero-order chi connectivity index (χ0) is 12.6. The molecule has 18 heavy (non-hydrogen) atoms. The fraction of sp³-hybridized carbons (Fsp3) is 0.571. The molecule has 0 amide bonds. The number of fused-ring (bicyclic) bond motifs is 3. The monoisotopic (exact) mass is 309 g/mol. The second-order valence-electron chi connectivity index (χ2n) is 5.54. The summed E-state index contributed by atoms with van der Waals surface area (Å²) < 4.78 is 1.11. The van der Waals surface area contributed by atoms with Crippen molar-refractivity contribution >= 4 is 21.6 Å². The van der Waals surface area contributed by atoms with Gasteiger partial charge in [0.1, 0.15) is 0 Å². The maximum Gasteiger partial charge on any atom is 0.0651 e. The van der Waals surface area contributed by atoms with Crippen LogP contribution in [0.3, 0.4) is 0 Å². The molecule has 4 heteroatoms. The molecule has 3 N–H and O–H groups in total. The molecule has 3 fully saturated rings. The number of halogens is 1. The summed E-state index contributed by atoms with van der Waals surface area (Å²) in [5.74, 6) is 0.719. The topological polar surface area (TPSA) is 41.3 Å². The first-order valence-corrected chi connectivity index (χ1v) is 7.47. The van der Waals surface area contributed by atoms with Crippen LogP contribution in [0.25, 0.3) is 0 Å². The average molecular weight is 310 g/mol. The van der Waals surface area contributed by atoms with E-state index in [9.17, 15) is 0 Å². The lowest BCUT2D eigenvalue weighted by molar-refractivity contribution is 0.0449. The second-order valence-corrected chi connectivity index (χ2v) is 6.46. The van der Waals surface area contributed by atoms with Crippen molar-refractivity contribution < 1.29 is 0 Å². The summed E-state index contributed by atoms with van der Waals surface area (Å²) in [7, 11) is 0. The molecule has 0 aromatic heterocycles. The standard InChI is InChI=1S/C14H20BrN3/c15-12-1-3-13(4-2-12)17-14(9-16)10-18-7-5-11(14)6-8-18/h1-4,11,17H,5-10,16H2. The number of nitrogens with two attached hydrogens (primary N) is 1. The highest BCUT2D eigenvalue weighted by Crippen LogP contribution is 2.37. The number of nitrogens with zero attached hydrogens (tertiary/aromatic N) is 1. The van der Waals surface area contributed by atoms with Gasteiger partial charge in [0.2, 0.25) is 0 Å². The van der Waals surface area contributed by atoms with Gasteiger partial charge in [0.15, 0.2) is 0 Å². The van der Waals surface area contributed by atoms with Gasteiger partial charge in [-0.3, -0.25) is 0 Å². The van der Waals surface area contributed by atoms with E-state index < -0.39 is 0 Å². The Labute approximate surface area is 117 Å². The van der Waals surface area contributed by atoms with Gasteiger partial charge >= 0.3 is 0 Å². The molecule has 0 spiro atoms. The highest BCUT2D eigenvalue weighted by Gasteiger charge is 2.45. The third-order valence-corrected chi connectivity index (χ3v) is 5.01. The highest BCUT2D eigenvalue weighted by atomic mass is 79.9. The summed E-state index contributed by atoms with van der Waals surface area (Å²) in [6, 6.07) is 8.40. The molecule has 3 nitrogen and oxygen atoms in total. The van der Waals surface area contributed by atoms with E-state index in [-0.39, 0.29) is 5.54 Å². The number of benzene rings is 1. The van der Waals surface area contributed by atoms with Gasteiger partial charge in [-0.25, -0.2) is 0 Å². The predicted octanol–water partition coefficient (Wildman–Crippen LogP) is 2.28. The van der Waals surface area contributed by atoms with E-state index in [1.54, 1.807) is 0 Å². The zero-order valence-electron chi connectivity index (χ0n) is 10.5. The second kappa shape index (κ2) is 4.83. The predicted molar refractivity (Wildman–Crippen MR) is 78.7 cm³/mol. The Balaban J connectivity index is 1.82. The molecule has 3 saturated heterocycles. The fourth-order valence-electron chi connectivity index (χ4n) is 3.42. The molecule has 1 atom stereocenters. The Hall–Kier alpha value is -0.580. The highest BCUT2D eigenvalue weighted by molar-refractivity contribution is 9.10. The van der Waals surface area contributed by atoms with Gasteiger partial charge in [-0.05, 0) is 56.1 Å². The van der Waals surface area contributed by atoms with E-state index in [0.29, 0.717) is 6.54 Å². The summed E-state index contributed by atoms with van der Waals surface area (Å²) >= 11 is 3.47. The van der Waals surface area contributed by atoms with Crippen LogP contribution < -0.4 is 11.1 Å². The summed E-state index contributed by atoms with van der Waals surface area (Å²) in [6.07, 6.45) is 2.56. The molecule has 0 saturated carbocycles. The maximum atomic E-state index is 6.10. The van der Waals surface area contributed by atoms with E-state index in [4.69, 9.17) is 5.73 Å². The third-order valence-electron chi connectivity index (χ3n) is 4.48. The van der Waals surface area contributed by atoms with Gasteiger partial charge in [-0.1, -0.05) is 15.9 Å². The Morgan fingerprint density at radius 3 is 2.44 bits per heavy atom. The van der Waals surface area contributed by atoms with Crippen molar-refractivity contribution in [3.05, 3.63) is 28.7 Å². The Kier molecular flexibility index (Phi) is 3.34. The molecule has 0 aliphatic carbocycles. The summed E-state index contributed by atoms with van der Waals surface area (Å²) in [4.78, 5) is 2.54. The third kappa shape index (κ3) is 2.17. The van der Waals surface area contributed by atoms with Gasteiger partial charge in [0.25, 0.3) is 0 Å². The molecular weight excluding hydrogens is 290 g/mol. The Bertz CT molecular complexity index is 412. The lowest BCUT2D eigenvalue weighted by Gasteiger charge is -2.53. The molecule has 1 aromatic rings. The van der Waals surface area contributed by atoms with E-state index in [1.807, 2.05) is 0 Å². The summed E-state index contributed by atoms with van der Waals surface area (Å²) in [6.45, 7) is 4.29. The van der Waals surface area contributed by atoms with Crippen LogP contribution in [0.5, 0.6) is 0 Å². The van der Waals surface area contributed by atoms with Gasteiger partial charge in [0.05, 0.1) is 5.54 Å². The normalized spacial score (nSPS) is 34.6. The fourth-order valence-corrected chi connectivity index (χ4v) is 3.68. The van der Waals surface area contributed by atoms with Crippen molar-refractivity contribution in [1.29, 1.82) is 0 Å². The number of nitrogens with one attached hydrogen (secondary N) is 1. The van der Waals surface area contributed by atoms with Crippen LogP contribution >= 0.6 is 15.9 Å². The summed E-state index contributed by atoms with van der Waals surface area (Å²) in [5.41, 5.74) is 7.36. The van der Waals surface area contributed by atoms with Crippen molar-refractivity contribution in [2.24, 2.45) is 11.7 Å². The summed E-state index contributed by atoms with van der Waals surface area (Å²) in [5, 5.41) is 3.72. The molecule has 3 heterocycles. The van der Waals surface area contributed by atoms with Crippen molar-refractivity contribution in [3.63, 3.8) is 0 Å². The minimum atomic E-state index is 0.0737. The maximum absolute atomic E-state index is 6.10. The molecule has 1 aromatic carbocycles. The molecule has 1 unspecified atom stereocenters. The van der Waals surface area contributed by atoms with E-state index >= 15 is 0 Å². The molecule has 4 rings (SSSR count). The van der Waals surface area contributed by atoms with Crippen LogP contribution in [0.4, 0.5) is 5.69 Å². The van der Waals surface area contributed by atoms with Crippen LogP contribution in [0.1, 0.15) is 12.8 Å². The lowest BCUT2D eigenvalue weighted by atomic mass is 9.72. The molecule has 3 aliphatic rings. The SMILES string of the molecule is NCC1(Nc2ccc(Br)cc2)CN2CCC1CC2. The van der Waals surface area contributed by atoms with Crippen molar-refractivity contribution in [3.8, 4) is 0 Å². The van der Waals surface area contributed by atoms with E-state index in [1.165, 1.54) is 31.6 Å². The average Bonchev–Trinajstić information content (AvgIpc) is 2.43. The van der Waals surface area contributed by atoms with E-state index in [0.717, 1.165) is 16.9 Å². The lowest BCUT2D eigenvalue weighted by Crippen LogP contribution is -2.66. The first-order chi connectivity index (χ1) is 8.72. The molecule has 98 valence electrons. The zero-order valence-corrected chi connectivity index (χ0v) is 12.1. The van der Waals surface area contributed by atoms with Gasteiger partial charge in [0, 0.05) is 23.2 Å². The van der Waals surface area contributed by atoms with Crippen LogP contribution in [0, 0.1) is 5.92 Å². The van der Waals surface area contributed by atoms with Crippen LogP contribution in [-0.2, 0) is 0 Å². The first-order valence-electron chi connectivity index (χ1n) is 6.68. The quantitative estimate of drug-likeness (QED) is 0.900. The van der Waals surface area contributed by atoms with E-state index in [2.05, 4.69) is 50.4 Å². The van der Waals surface area contributed by atoms with Crippen molar-refractivity contribution in [1.82, 2.24) is 4.90 Å². The molecular formula is C14H20BrN3. The number of anilines is 1. The minimum absolute atomic E-state index is 0.0737. The number of piperidine rings is 3. The first kappa shape index (κ1) is 12.5. The molecule has 2 bridgehead atoms. The smallest absolute Gasteiger partial charge is 0.0651 e. The molecule has 3 aliphatic heterocycles. The van der Waals surface area contributed by atoms with Crippen LogP contribution in [0.15, 0.2) is 28.7 Å². The Morgan fingerprint density at radius 1 is 1.28 bits per heavy atom. The Morgan fingerprint density at radius 2 is 1.94 bits per heavy atom. The minimum Gasteiger partial charge on any atom is -0.377 e. The van der Waals surface area contributed by atoms with Crippen LogP contribution in [-0.4, -0.2) is 36.6 Å². The van der Waals surface area contributed by atoms with Crippen molar-refractivity contribution in [2.45, 2.75) is 18.4 Å².